The number of piperidine rings is 1. The normalized spacial score (nSPS) is 20.0. The van der Waals surface area contributed by atoms with Gasteiger partial charge in [-0.2, -0.15) is 0 Å². The van der Waals surface area contributed by atoms with Crippen LogP contribution in [0.4, 0.5) is 0 Å². The van der Waals surface area contributed by atoms with Gasteiger partial charge in [-0.1, -0.05) is 0 Å². The smallest absolute Gasteiger partial charge is 0.252 e. The Morgan fingerprint density at radius 3 is 2.50 bits per heavy atom. The Kier molecular flexibility index (Phi) is 7.82. The van der Waals surface area contributed by atoms with Crippen molar-refractivity contribution in [2.45, 2.75) is 64.6 Å². The number of pyridine rings is 1. The van der Waals surface area contributed by atoms with E-state index < -0.39 is 0 Å². The molecule has 1 N–H and O–H groups in total. The molecule has 0 aliphatic carbocycles. The lowest BCUT2D eigenvalue weighted by Gasteiger charge is -2.44. The molecule has 2 fully saturated rings. The zero-order valence-electron chi connectivity index (χ0n) is 17.7. The van der Waals surface area contributed by atoms with E-state index in [2.05, 4.69) is 33.9 Å². The number of hydrogen-bond donors (Lipinski definition) is 1. The van der Waals surface area contributed by atoms with Crippen molar-refractivity contribution in [3.05, 3.63) is 29.6 Å². The number of nitrogens with zero attached hydrogens (tertiary/aromatic N) is 3. The van der Waals surface area contributed by atoms with Gasteiger partial charge in [0.05, 0.1) is 5.56 Å². The first-order chi connectivity index (χ1) is 13.5. The highest BCUT2D eigenvalue weighted by Gasteiger charge is 2.31. The Morgan fingerprint density at radius 2 is 1.89 bits per heavy atom. The first-order valence-electron chi connectivity index (χ1n) is 10.8. The fourth-order valence-corrected chi connectivity index (χ4v) is 4.42. The number of nitrogens with one attached hydrogen (secondary N) is 1. The van der Waals surface area contributed by atoms with Gasteiger partial charge in [-0.05, 0) is 71.7 Å². The summed E-state index contributed by atoms with van der Waals surface area (Å²) in [4.78, 5) is 21.9. The topological polar surface area (TPSA) is 57.7 Å². The molecule has 6 heteroatoms. The molecule has 3 heterocycles. The number of ether oxygens (including phenoxy) is 1. The van der Waals surface area contributed by atoms with Crippen molar-refractivity contribution in [2.24, 2.45) is 0 Å². The van der Waals surface area contributed by atoms with Gasteiger partial charge in [-0.15, -0.1) is 0 Å². The number of aryl methyl sites for hydroxylation is 1. The highest BCUT2D eigenvalue weighted by molar-refractivity contribution is 5.93. The van der Waals surface area contributed by atoms with Crippen LogP contribution in [0.1, 0.15) is 55.6 Å². The van der Waals surface area contributed by atoms with Crippen molar-refractivity contribution in [3.8, 4) is 0 Å². The Bertz CT molecular complexity index is 605. The van der Waals surface area contributed by atoms with Gasteiger partial charge in [-0.3, -0.25) is 14.7 Å². The summed E-state index contributed by atoms with van der Waals surface area (Å²) in [7, 11) is 0. The average molecular weight is 389 g/mol. The average Bonchev–Trinajstić information content (AvgIpc) is 2.72. The van der Waals surface area contributed by atoms with Crippen LogP contribution >= 0.6 is 0 Å². The summed E-state index contributed by atoms with van der Waals surface area (Å²) in [6.45, 7) is 12.1. The van der Waals surface area contributed by atoms with E-state index in [4.69, 9.17) is 4.74 Å². The quantitative estimate of drug-likeness (QED) is 0.778. The van der Waals surface area contributed by atoms with E-state index in [1.807, 2.05) is 19.1 Å². The summed E-state index contributed by atoms with van der Waals surface area (Å²) in [6.07, 6.45) is 6.28. The SMILES string of the molecule is Cc1ccc(C(=O)NCCN(C2CCOCC2)C2CCN(C(C)C)CC2)cn1. The van der Waals surface area contributed by atoms with Crippen LogP contribution in [0.5, 0.6) is 0 Å². The van der Waals surface area contributed by atoms with Crippen molar-refractivity contribution in [3.63, 3.8) is 0 Å². The van der Waals surface area contributed by atoms with Crippen LogP contribution < -0.4 is 5.32 Å². The molecule has 6 nitrogen and oxygen atoms in total. The molecule has 0 bridgehead atoms. The lowest BCUT2D eigenvalue weighted by atomic mass is 9.97. The van der Waals surface area contributed by atoms with Crippen molar-refractivity contribution < 1.29 is 9.53 Å². The highest BCUT2D eigenvalue weighted by Crippen LogP contribution is 2.24. The maximum Gasteiger partial charge on any atom is 0.252 e. The summed E-state index contributed by atoms with van der Waals surface area (Å²) in [6, 6.07) is 5.53. The summed E-state index contributed by atoms with van der Waals surface area (Å²) in [5.74, 6) is -0.0333. The van der Waals surface area contributed by atoms with Crippen molar-refractivity contribution in [1.29, 1.82) is 0 Å². The van der Waals surface area contributed by atoms with Crippen LogP contribution in [0, 0.1) is 6.92 Å². The number of rotatable bonds is 7. The lowest BCUT2D eigenvalue weighted by molar-refractivity contribution is 0.0000235. The maximum atomic E-state index is 12.4. The predicted octanol–water partition coefficient (Wildman–Crippen LogP) is 2.47. The molecular formula is C22H36N4O2. The molecule has 0 spiro atoms. The summed E-state index contributed by atoms with van der Waals surface area (Å²) >= 11 is 0. The van der Waals surface area contributed by atoms with Crippen LogP contribution in [0.3, 0.4) is 0 Å². The van der Waals surface area contributed by atoms with Gasteiger partial charge in [0, 0.05) is 56.3 Å². The van der Waals surface area contributed by atoms with E-state index in [1.165, 1.54) is 25.9 Å². The summed E-state index contributed by atoms with van der Waals surface area (Å²) in [5.41, 5.74) is 1.56. The van der Waals surface area contributed by atoms with E-state index in [-0.39, 0.29) is 5.91 Å². The van der Waals surface area contributed by atoms with E-state index in [1.54, 1.807) is 6.20 Å². The minimum absolute atomic E-state index is 0.0333. The van der Waals surface area contributed by atoms with E-state index in [9.17, 15) is 4.79 Å². The van der Waals surface area contributed by atoms with Gasteiger partial charge in [-0.25, -0.2) is 0 Å². The van der Waals surface area contributed by atoms with Gasteiger partial charge in [0.2, 0.25) is 0 Å². The lowest BCUT2D eigenvalue weighted by Crippen LogP contribution is -2.53. The van der Waals surface area contributed by atoms with E-state index in [0.29, 0.717) is 30.2 Å². The first kappa shape index (κ1) is 21.2. The largest absolute Gasteiger partial charge is 0.381 e. The number of aromatic nitrogens is 1. The minimum atomic E-state index is -0.0333. The number of likely N-dealkylation sites (tertiary alicyclic amines) is 1. The molecule has 0 aromatic carbocycles. The summed E-state index contributed by atoms with van der Waals surface area (Å²) in [5, 5.41) is 3.09. The van der Waals surface area contributed by atoms with Crippen molar-refractivity contribution >= 4 is 5.91 Å². The third-order valence-corrected chi connectivity index (χ3v) is 6.19. The maximum absolute atomic E-state index is 12.4. The molecule has 0 radical (unpaired) electrons. The molecule has 3 rings (SSSR count). The van der Waals surface area contributed by atoms with Crippen molar-refractivity contribution in [2.75, 3.05) is 39.4 Å². The molecule has 1 aromatic heterocycles. The molecule has 2 aliphatic heterocycles. The minimum Gasteiger partial charge on any atom is -0.381 e. The fourth-order valence-electron chi connectivity index (χ4n) is 4.42. The molecule has 2 aliphatic rings. The zero-order chi connectivity index (χ0) is 19.9. The second-order valence-corrected chi connectivity index (χ2v) is 8.39. The Hall–Kier alpha value is -1.50. The zero-order valence-corrected chi connectivity index (χ0v) is 17.7. The Morgan fingerprint density at radius 1 is 1.21 bits per heavy atom. The molecule has 0 saturated carbocycles. The van der Waals surface area contributed by atoms with Crippen LogP contribution in [-0.4, -0.2) is 78.2 Å². The molecule has 1 amide bonds. The number of hydrogen-bond acceptors (Lipinski definition) is 5. The van der Waals surface area contributed by atoms with Crippen LogP contribution in [-0.2, 0) is 4.74 Å². The van der Waals surface area contributed by atoms with Crippen LogP contribution in [0.2, 0.25) is 0 Å². The third-order valence-electron chi connectivity index (χ3n) is 6.19. The second-order valence-electron chi connectivity index (χ2n) is 8.39. The van der Waals surface area contributed by atoms with Crippen LogP contribution in [0.25, 0.3) is 0 Å². The predicted molar refractivity (Wildman–Crippen MR) is 112 cm³/mol. The molecule has 28 heavy (non-hydrogen) atoms. The van der Waals surface area contributed by atoms with Crippen molar-refractivity contribution in [1.82, 2.24) is 20.1 Å². The molecule has 156 valence electrons. The second kappa shape index (κ2) is 10.3. The number of carbonyl (C=O) groups excluding carboxylic acids is 1. The van der Waals surface area contributed by atoms with Gasteiger partial charge in [0.1, 0.15) is 0 Å². The van der Waals surface area contributed by atoms with Gasteiger partial charge in [0.15, 0.2) is 0 Å². The number of amides is 1. The third kappa shape index (κ3) is 5.75. The Labute approximate surface area is 169 Å². The molecule has 1 aromatic rings. The fraction of sp³-hybridized carbons (Fsp3) is 0.727. The molecular weight excluding hydrogens is 352 g/mol. The van der Waals surface area contributed by atoms with E-state index in [0.717, 1.165) is 38.3 Å². The monoisotopic (exact) mass is 388 g/mol. The van der Waals surface area contributed by atoms with Crippen LogP contribution in [0.15, 0.2) is 18.3 Å². The number of carbonyl (C=O) groups is 1. The Balaban J connectivity index is 1.55. The highest BCUT2D eigenvalue weighted by atomic mass is 16.5. The van der Waals surface area contributed by atoms with E-state index >= 15 is 0 Å². The molecule has 0 unspecified atom stereocenters. The standard InChI is InChI=1S/C22H36N4O2/c1-17(2)25-11-6-20(7-12-25)26(21-8-14-28-15-9-21)13-10-23-22(27)19-5-4-18(3)24-16-19/h4-5,16-17,20-21H,6-15H2,1-3H3,(H,23,27). The summed E-state index contributed by atoms with van der Waals surface area (Å²) < 4.78 is 5.58. The van der Waals surface area contributed by atoms with Gasteiger partial charge >= 0.3 is 0 Å². The first-order valence-corrected chi connectivity index (χ1v) is 10.8. The van der Waals surface area contributed by atoms with Gasteiger partial charge < -0.3 is 15.0 Å². The molecule has 2 saturated heterocycles. The molecule has 0 atom stereocenters. The van der Waals surface area contributed by atoms with Gasteiger partial charge in [0.25, 0.3) is 5.91 Å².